The van der Waals surface area contributed by atoms with Crippen LogP contribution in [0.25, 0.3) is 0 Å². The molecule has 10 heavy (non-hydrogen) atoms. The van der Waals surface area contributed by atoms with Crippen LogP contribution in [0.1, 0.15) is 13.8 Å². The first-order chi connectivity index (χ1) is 4.51. The van der Waals surface area contributed by atoms with Gasteiger partial charge in [-0.05, 0) is 18.0 Å². The average molecular weight is 159 g/mol. The van der Waals surface area contributed by atoms with Gasteiger partial charge in [0.2, 0.25) is 8.96 Å². The molecule has 1 rings (SSSR count). The SMILES string of the molecule is CC1(C)CN[Si@H](C(=O)O)C1. The molecule has 2 N–H and O–H groups in total. The zero-order valence-electron chi connectivity index (χ0n) is 6.35. The Hall–Kier alpha value is -0.353. The Morgan fingerprint density at radius 1 is 1.70 bits per heavy atom. The van der Waals surface area contributed by atoms with Crippen LogP contribution in [0.15, 0.2) is 0 Å². The first-order valence-electron chi connectivity index (χ1n) is 3.47. The van der Waals surface area contributed by atoms with Gasteiger partial charge in [0.25, 0.3) is 5.59 Å². The van der Waals surface area contributed by atoms with Crippen LogP contribution in [0.3, 0.4) is 0 Å². The molecule has 4 heteroatoms. The molecular weight excluding hydrogens is 146 g/mol. The smallest absolute Gasteiger partial charge is 0.283 e. The molecule has 1 heterocycles. The molecule has 0 aliphatic carbocycles. The lowest BCUT2D eigenvalue weighted by atomic mass is 9.97. The Balaban J connectivity index is 2.51. The second-order valence-corrected chi connectivity index (χ2v) is 6.06. The van der Waals surface area contributed by atoms with Crippen LogP contribution in [-0.4, -0.2) is 26.2 Å². The fourth-order valence-electron chi connectivity index (χ4n) is 1.27. The third-order valence-electron chi connectivity index (χ3n) is 1.88. The highest BCUT2D eigenvalue weighted by molar-refractivity contribution is 6.86. The highest BCUT2D eigenvalue weighted by Gasteiger charge is 2.36. The van der Waals surface area contributed by atoms with E-state index in [4.69, 9.17) is 5.11 Å². The monoisotopic (exact) mass is 159 g/mol. The molecule has 0 aromatic carbocycles. The molecule has 1 saturated heterocycles. The lowest BCUT2D eigenvalue weighted by Gasteiger charge is -2.13. The minimum absolute atomic E-state index is 0.218. The van der Waals surface area contributed by atoms with Crippen LogP contribution in [0.5, 0.6) is 0 Å². The summed E-state index contributed by atoms with van der Waals surface area (Å²) >= 11 is 0. The van der Waals surface area contributed by atoms with Gasteiger partial charge < -0.3 is 10.1 Å². The fraction of sp³-hybridized carbons (Fsp3) is 0.833. The summed E-state index contributed by atoms with van der Waals surface area (Å²) in [5, 5.41) is 8.64. The second-order valence-electron chi connectivity index (χ2n) is 3.64. The minimum Gasteiger partial charge on any atom is -0.485 e. The third-order valence-corrected chi connectivity index (χ3v) is 4.69. The first kappa shape index (κ1) is 7.75. The van der Waals surface area contributed by atoms with Crippen LogP contribution < -0.4 is 4.98 Å². The summed E-state index contributed by atoms with van der Waals surface area (Å²) < 4.78 is 0. The van der Waals surface area contributed by atoms with Crippen molar-refractivity contribution in [2.24, 2.45) is 5.41 Å². The highest BCUT2D eigenvalue weighted by atomic mass is 28.3. The van der Waals surface area contributed by atoms with Gasteiger partial charge in [0.1, 0.15) is 0 Å². The van der Waals surface area contributed by atoms with Crippen molar-refractivity contribution in [3.8, 4) is 0 Å². The molecule has 1 aliphatic rings. The fourth-order valence-corrected chi connectivity index (χ4v) is 3.81. The Labute approximate surface area is 62.1 Å². The molecule has 0 bridgehead atoms. The van der Waals surface area contributed by atoms with Gasteiger partial charge in [0.15, 0.2) is 0 Å². The molecule has 0 unspecified atom stereocenters. The van der Waals surface area contributed by atoms with Crippen molar-refractivity contribution < 1.29 is 9.90 Å². The topological polar surface area (TPSA) is 49.3 Å². The molecule has 58 valence electrons. The summed E-state index contributed by atoms with van der Waals surface area (Å²) in [5.41, 5.74) is -0.375. The van der Waals surface area contributed by atoms with E-state index in [0.717, 1.165) is 12.6 Å². The van der Waals surface area contributed by atoms with E-state index in [1.807, 2.05) is 0 Å². The molecule has 0 spiro atoms. The molecule has 3 nitrogen and oxygen atoms in total. The van der Waals surface area contributed by atoms with Crippen molar-refractivity contribution in [3.05, 3.63) is 0 Å². The van der Waals surface area contributed by atoms with E-state index in [0.29, 0.717) is 0 Å². The first-order valence-corrected chi connectivity index (χ1v) is 5.45. The standard InChI is InChI=1S/C6H13NO2Si/c1-6(2)3-7-10(4-6)5(8)9/h7,10H,3-4H2,1-2H3,(H,8,9)/t10-/m0/s1. The Bertz CT molecular complexity index is 158. The summed E-state index contributed by atoms with van der Waals surface area (Å²) in [7, 11) is -1.61. The summed E-state index contributed by atoms with van der Waals surface area (Å²) in [4.78, 5) is 13.6. The van der Waals surface area contributed by atoms with E-state index in [1.54, 1.807) is 0 Å². The average Bonchev–Trinajstić information content (AvgIpc) is 2.10. The lowest BCUT2D eigenvalue weighted by molar-refractivity contribution is 0.218. The largest absolute Gasteiger partial charge is 0.485 e. The number of carboxylic acid groups (broad SMARTS) is 1. The van der Waals surface area contributed by atoms with Crippen LogP contribution >= 0.6 is 0 Å². The molecule has 0 amide bonds. The van der Waals surface area contributed by atoms with Crippen molar-refractivity contribution >= 4 is 14.6 Å². The van der Waals surface area contributed by atoms with Gasteiger partial charge in [0.05, 0.1) is 0 Å². The maximum absolute atomic E-state index is 10.5. The highest BCUT2D eigenvalue weighted by Crippen LogP contribution is 2.26. The van der Waals surface area contributed by atoms with Crippen molar-refractivity contribution in [3.63, 3.8) is 0 Å². The van der Waals surface area contributed by atoms with Crippen molar-refractivity contribution in [2.75, 3.05) is 6.54 Å². The molecule has 0 radical (unpaired) electrons. The Morgan fingerprint density at radius 2 is 2.30 bits per heavy atom. The van der Waals surface area contributed by atoms with Gasteiger partial charge in [-0.2, -0.15) is 0 Å². The molecule has 0 aromatic heterocycles. The van der Waals surface area contributed by atoms with E-state index in [-0.39, 0.29) is 5.41 Å². The maximum atomic E-state index is 10.5. The number of hydrogen-bond donors (Lipinski definition) is 2. The minimum atomic E-state index is -1.61. The van der Waals surface area contributed by atoms with Crippen LogP contribution in [0.4, 0.5) is 4.79 Å². The lowest BCUT2D eigenvalue weighted by Crippen LogP contribution is -2.34. The van der Waals surface area contributed by atoms with E-state index < -0.39 is 14.6 Å². The predicted molar refractivity (Wildman–Crippen MR) is 41.8 cm³/mol. The van der Waals surface area contributed by atoms with E-state index >= 15 is 0 Å². The maximum Gasteiger partial charge on any atom is 0.283 e. The molecule has 0 saturated carbocycles. The molecule has 1 fully saturated rings. The summed E-state index contributed by atoms with van der Waals surface area (Å²) in [6, 6.07) is 0.877. The summed E-state index contributed by atoms with van der Waals surface area (Å²) in [6.45, 7) is 5.09. The van der Waals surface area contributed by atoms with Gasteiger partial charge in [-0.3, -0.25) is 4.79 Å². The van der Waals surface area contributed by atoms with Gasteiger partial charge in [0, 0.05) is 0 Å². The zero-order chi connectivity index (χ0) is 7.78. The quantitative estimate of drug-likeness (QED) is 0.551. The van der Waals surface area contributed by atoms with Gasteiger partial charge >= 0.3 is 0 Å². The molecule has 1 atom stereocenters. The van der Waals surface area contributed by atoms with Crippen LogP contribution in [0.2, 0.25) is 6.04 Å². The molecule has 0 aromatic rings. The van der Waals surface area contributed by atoms with Crippen molar-refractivity contribution in [2.45, 2.75) is 19.9 Å². The van der Waals surface area contributed by atoms with Crippen LogP contribution in [0, 0.1) is 5.41 Å². The molecular formula is C6H13NO2Si. The van der Waals surface area contributed by atoms with Crippen LogP contribution in [-0.2, 0) is 0 Å². The Morgan fingerprint density at radius 3 is 2.50 bits per heavy atom. The summed E-state index contributed by atoms with van der Waals surface area (Å²) in [5.74, 6) is 0. The number of nitrogens with one attached hydrogen (secondary N) is 1. The van der Waals surface area contributed by atoms with E-state index in [2.05, 4.69) is 18.8 Å². The summed E-state index contributed by atoms with van der Waals surface area (Å²) in [6.07, 6.45) is 0. The van der Waals surface area contributed by atoms with Gasteiger partial charge in [-0.15, -0.1) is 0 Å². The Kier molecular flexibility index (Phi) is 1.83. The van der Waals surface area contributed by atoms with Crippen molar-refractivity contribution in [1.29, 1.82) is 0 Å². The van der Waals surface area contributed by atoms with Gasteiger partial charge in [-0.1, -0.05) is 13.8 Å². The third kappa shape index (κ3) is 1.57. The van der Waals surface area contributed by atoms with Gasteiger partial charge in [-0.25, -0.2) is 0 Å². The van der Waals surface area contributed by atoms with E-state index in [9.17, 15) is 4.79 Å². The predicted octanol–water partition coefficient (Wildman–Crippen LogP) is 0.599. The van der Waals surface area contributed by atoms with E-state index in [1.165, 1.54) is 0 Å². The molecule has 1 aliphatic heterocycles. The van der Waals surface area contributed by atoms with Crippen molar-refractivity contribution in [1.82, 2.24) is 4.98 Å². The normalized spacial score (nSPS) is 30.4. The second kappa shape index (κ2) is 2.36. The number of carbonyl (C=O) groups is 1. The number of rotatable bonds is 1. The zero-order valence-corrected chi connectivity index (χ0v) is 7.50. The number of hydrogen-bond acceptors (Lipinski definition) is 2.